The summed E-state index contributed by atoms with van der Waals surface area (Å²) in [5, 5.41) is 11.5. The first kappa shape index (κ1) is 16.0. The molecule has 2 heterocycles. The Balaban J connectivity index is 1.93. The van der Waals surface area contributed by atoms with Gasteiger partial charge in [0.25, 0.3) is 0 Å². The van der Waals surface area contributed by atoms with Gasteiger partial charge in [0, 0.05) is 0 Å². The summed E-state index contributed by atoms with van der Waals surface area (Å²) in [6.07, 6.45) is 0.141. The second kappa shape index (κ2) is 5.98. The Morgan fingerprint density at radius 3 is 2.59 bits per heavy atom. The third-order valence-corrected chi connectivity index (χ3v) is 7.77. The fourth-order valence-electron chi connectivity index (χ4n) is 3.07. The summed E-state index contributed by atoms with van der Waals surface area (Å²) in [5.74, 6) is 1.98. The van der Waals surface area contributed by atoms with Crippen LogP contribution in [0.2, 0.25) is 0 Å². The third-order valence-electron chi connectivity index (χ3n) is 4.37. The van der Waals surface area contributed by atoms with E-state index in [2.05, 4.69) is 0 Å². The molecule has 6 heteroatoms. The Bertz CT molecular complexity index is 548. The summed E-state index contributed by atoms with van der Waals surface area (Å²) in [6, 6.07) is 9.73. The highest BCUT2D eigenvalue weighted by molar-refractivity contribution is 8.18. The summed E-state index contributed by atoms with van der Waals surface area (Å²) in [7, 11) is 0. The zero-order valence-electron chi connectivity index (χ0n) is 12.8. The Labute approximate surface area is 139 Å². The molecule has 2 fully saturated rings. The number of amides is 1. The van der Waals surface area contributed by atoms with Crippen molar-refractivity contribution in [3.8, 4) is 0 Å². The molecule has 0 spiro atoms. The van der Waals surface area contributed by atoms with Crippen LogP contribution in [0.25, 0.3) is 0 Å². The van der Waals surface area contributed by atoms with E-state index in [9.17, 15) is 9.90 Å². The predicted molar refractivity (Wildman–Crippen MR) is 90.8 cm³/mol. The maximum atomic E-state index is 12.3. The number of benzene rings is 1. The van der Waals surface area contributed by atoms with Gasteiger partial charge in [-0.05, 0) is 37.3 Å². The molecule has 0 aliphatic carbocycles. The molecule has 1 aromatic carbocycles. The number of rotatable bonds is 3. The molecule has 2 aliphatic rings. The number of nitrogens with zero attached hydrogens (tertiary/aromatic N) is 1. The lowest BCUT2D eigenvalue weighted by Crippen LogP contribution is -2.62. The van der Waals surface area contributed by atoms with Gasteiger partial charge < -0.3 is 9.84 Å². The zero-order valence-corrected chi connectivity index (χ0v) is 14.5. The summed E-state index contributed by atoms with van der Waals surface area (Å²) in [6.45, 7) is 4.17. The molecule has 2 atom stereocenters. The minimum absolute atomic E-state index is 0.358. The van der Waals surface area contributed by atoms with Gasteiger partial charge in [-0.2, -0.15) is 0 Å². The first-order valence-electron chi connectivity index (χ1n) is 7.50. The molecule has 1 amide bonds. The molecule has 0 bridgehead atoms. The lowest BCUT2D eigenvalue weighted by molar-refractivity contribution is -0.102. The van der Waals surface area contributed by atoms with Gasteiger partial charge in [0.2, 0.25) is 5.72 Å². The summed E-state index contributed by atoms with van der Waals surface area (Å²) < 4.78 is 4.91. The lowest BCUT2D eigenvalue weighted by atomic mass is 10.0. The fourth-order valence-corrected chi connectivity index (χ4v) is 6.42. The van der Waals surface area contributed by atoms with Crippen molar-refractivity contribution in [2.24, 2.45) is 0 Å². The Hall–Kier alpha value is -0.850. The third kappa shape index (κ3) is 2.51. The number of thioether (sulfide) groups is 2. The van der Waals surface area contributed by atoms with Crippen molar-refractivity contribution in [3.63, 3.8) is 0 Å². The van der Waals surface area contributed by atoms with Crippen LogP contribution in [0.4, 0.5) is 4.79 Å². The highest BCUT2D eigenvalue weighted by Crippen LogP contribution is 2.54. The van der Waals surface area contributed by atoms with Crippen molar-refractivity contribution in [3.05, 3.63) is 35.9 Å². The van der Waals surface area contributed by atoms with Crippen LogP contribution in [0, 0.1) is 0 Å². The van der Waals surface area contributed by atoms with E-state index in [1.165, 1.54) is 4.90 Å². The molecular formula is C16H21NO3S2. The molecule has 0 saturated carbocycles. The summed E-state index contributed by atoms with van der Waals surface area (Å²) in [5.41, 5.74) is -0.322. The smallest absolute Gasteiger partial charge is 0.412 e. The molecule has 2 aliphatic heterocycles. The molecule has 120 valence electrons. The summed E-state index contributed by atoms with van der Waals surface area (Å²) in [4.78, 5) is 13.8. The Kier molecular flexibility index (Phi) is 4.36. The van der Waals surface area contributed by atoms with Crippen molar-refractivity contribution in [2.75, 3.05) is 11.5 Å². The van der Waals surface area contributed by atoms with Crippen molar-refractivity contribution < 1.29 is 14.6 Å². The largest absolute Gasteiger partial charge is 0.441 e. The molecule has 0 unspecified atom stereocenters. The zero-order chi connectivity index (χ0) is 15.8. The molecule has 1 aromatic rings. The highest BCUT2D eigenvalue weighted by Gasteiger charge is 2.63. The van der Waals surface area contributed by atoms with Crippen LogP contribution < -0.4 is 0 Å². The second-order valence-corrected chi connectivity index (χ2v) is 9.11. The topological polar surface area (TPSA) is 49.8 Å². The molecule has 0 radical (unpaired) electrons. The molecule has 4 nitrogen and oxygen atoms in total. The number of ether oxygens (including phenoxy) is 1. The van der Waals surface area contributed by atoms with Gasteiger partial charge in [-0.15, -0.1) is 23.5 Å². The number of hydrogen-bond acceptors (Lipinski definition) is 5. The van der Waals surface area contributed by atoms with Crippen LogP contribution in [0.15, 0.2) is 30.3 Å². The fraction of sp³-hybridized carbons (Fsp3) is 0.562. The second-order valence-electron chi connectivity index (χ2n) is 5.82. The molecule has 2 saturated heterocycles. The SMILES string of the molecule is C[C@@H]1OC(=O)N(Cc2ccccc2)[C@@]1(O)C1(C)SCCCS1. The van der Waals surface area contributed by atoms with Gasteiger partial charge in [0.1, 0.15) is 4.08 Å². The Morgan fingerprint density at radius 1 is 1.32 bits per heavy atom. The van der Waals surface area contributed by atoms with E-state index >= 15 is 0 Å². The van der Waals surface area contributed by atoms with Gasteiger partial charge in [0.05, 0.1) is 6.54 Å². The molecule has 0 aromatic heterocycles. The normalized spacial score (nSPS) is 31.1. The van der Waals surface area contributed by atoms with E-state index in [0.717, 1.165) is 23.5 Å². The van der Waals surface area contributed by atoms with Crippen LogP contribution in [0.5, 0.6) is 0 Å². The average Bonchev–Trinajstić information content (AvgIpc) is 2.74. The number of aliphatic hydroxyl groups is 1. The number of carbonyl (C=O) groups excluding carboxylic acids is 1. The lowest BCUT2D eigenvalue weighted by Gasteiger charge is -2.48. The number of carbonyl (C=O) groups is 1. The van der Waals surface area contributed by atoms with Crippen molar-refractivity contribution in [1.29, 1.82) is 0 Å². The quantitative estimate of drug-likeness (QED) is 0.916. The van der Waals surface area contributed by atoms with Gasteiger partial charge in [-0.25, -0.2) is 4.79 Å². The van der Waals surface area contributed by atoms with E-state index in [0.29, 0.717) is 6.54 Å². The van der Waals surface area contributed by atoms with Crippen molar-refractivity contribution in [2.45, 2.75) is 42.7 Å². The van der Waals surface area contributed by atoms with Gasteiger partial charge in [-0.3, -0.25) is 4.90 Å². The Morgan fingerprint density at radius 2 is 1.95 bits per heavy atom. The van der Waals surface area contributed by atoms with Crippen molar-refractivity contribution >= 4 is 29.6 Å². The van der Waals surface area contributed by atoms with Crippen LogP contribution in [-0.2, 0) is 11.3 Å². The monoisotopic (exact) mass is 339 g/mol. The van der Waals surface area contributed by atoms with E-state index in [1.54, 1.807) is 30.4 Å². The van der Waals surface area contributed by atoms with Crippen LogP contribution >= 0.6 is 23.5 Å². The predicted octanol–water partition coefficient (Wildman–Crippen LogP) is 3.30. The average molecular weight is 339 g/mol. The maximum Gasteiger partial charge on any atom is 0.412 e. The van der Waals surface area contributed by atoms with E-state index in [-0.39, 0.29) is 0 Å². The molecule has 1 N–H and O–H groups in total. The maximum absolute atomic E-state index is 12.3. The van der Waals surface area contributed by atoms with Crippen LogP contribution in [0.3, 0.4) is 0 Å². The van der Waals surface area contributed by atoms with Gasteiger partial charge >= 0.3 is 6.09 Å². The minimum atomic E-state index is -1.31. The first-order chi connectivity index (χ1) is 10.5. The molecule has 22 heavy (non-hydrogen) atoms. The standard InChI is InChI=1S/C16H21NO3S2/c1-12-16(19,15(2)21-9-6-10-22-15)17(14(18)20-12)11-13-7-4-3-5-8-13/h3-5,7-8,12,19H,6,9-11H2,1-2H3/t12-,16-/m0/s1. The molecule has 3 rings (SSSR count). The minimum Gasteiger partial charge on any atom is -0.441 e. The molecular weight excluding hydrogens is 318 g/mol. The number of cyclic esters (lactones) is 1. The van der Waals surface area contributed by atoms with Crippen LogP contribution in [-0.4, -0.2) is 43.5 Å². The van der Waals surface area contributed by atoms with E-state index < -0.39 is 22.0 Å². The highest BCUT2D eigenvalue weighted by atomic mass is 32.2. The summed E-state index contributed by atoms with van der Waals surface area (Å²) >= 11 is 3.44. The van der Waals surface area contributed by atoms with E-state index in [1.807, 2.05) is 37.3 Å². The van der Waals surface area contributed by atoms with Crippen molar-refractivity contribution in [1.82, 2.24) is 4.90 Å². The van der Waals surface area contributed by atoms with Gasteiger partial charge in [0.15, 0.2) is 6.10 Å². The first-order valence-corrected chi connectivity index (χ1v) is 9.47. The van der Waals surface area contributed by atoms with E-state index in [4.69, 9.17) is 4.74 Å². The van der Waals surface area contributed by atoms with Crippen LogP contribution in [0.1, 0.15) is 25.8 Å². The number of hydrogen-bond donors (Lipinski definition) is 1. The van der Waals surface area contributed by atoms with Gasteiger partial charge in [-0.1, -0.05) is 30.3 Å².